The number of hydrogen-bond acceptors (Lipinski definition) is 5. The van der Waals surface area contributed by atoms with Gasteiger partial charge in [0.05, 0.1) is 16.3 Å². The summed E-state index contributed by atoms with van der Waals surface area (Å²) in [5.74, 6) is -0.992. The molecule has 0 saturated carbocycles. The van der Waals surface area contributed by atoms with Crippen molar-refractivity contribution in [2.24, 2.45) is 0 Å². The van der Waals surface area contributed by atoms with Crippen molar-refractivity contribution >= 4 is 38.3 Å². The van der Waals surface area contributed by atoms with Crippen LogP contribution in [0.3, 0.4) is 0 Å². The van der Waals surface area contributed by atoms with Gasteiger partial charge in [-0.1, -0.05) is 0 Å². The molecule has 0 fully saturated rings. The van der Waals surface area contributed by atoms with Crippen molar-refractivity contribution in [1.82, 2.24) is 0 Å². The zero-order valence-corrected chi connectivity index (χ0v) is 14.6. The van der Waals surface area contributed by atoms with E-state index in [2.05, 4.69) is 5.32 Å². The van der Waals surface area contributed by atoms with Crippen LogP contribution in [0.25, 0.3) is 11.0 Å². The van der Waals surface area contributed by atoms with Crippen molar-refractivity contribution in [2.45, 2.75) is 11.3 Å². The van der Waals surface area contributed by atoms with Gasteiger partial charge in [0.2, 0.25) is 5.91 Å². The third-order valence-electron chi connectivity index (χ3n) is 4.22. The Hall–Kier alpha value is -3.20. The molecule has 138 valence electrons. The molecule has 4 rings (SSSR count). The number of carbonyl (C=O) groups is 1. The number of hydrogen-bond donors (Lipinski definition) is 1. The molecule has 9 heteroatoms. The quantitative estimate of drug-likeness (QED) is 0.681. The van der Waals surface area contributed by atoms with Crippen LogP contribution in [0.15, 0.2) is 62.6 Å². The second-order valence-electron chi connectivity index (χ2n) is 5.99. The number of fused-ring (bicyclic) bond motifs is 2. The minimum absolute atomic E-state index is 0.0338. The van der Waals surface area contributed by atoms with Crippen LogP contribution in [0.2, 0.25) is 0 Å². The van der Waals surface area contributed by atoms with Crippen LogP contribution >= 0.6 is 0 Å². The van der Waals surface area contributed by atoms with Crippen molar-refractivity contribution in [3.63, 3.8) is 0 Å². The summed E-state index contributed by atoms with van der Waals surface area (Å²) in [6.07, 6.45) is -0.0714. The standard InChI is InChI=1S/C18H13FN2O5S/c19-12-2-4-15-14(10-12)20-17(22)7-8-21(15)27(24,25)13-3-5-16-11(9-13)1-6-18(23)26-16/h1-6,9-10H,7-8H2,(H,20,22). The van der Waals surface area contributed by atoms with Crippen LogP contribution in [0.4, 0.5) is 15.8 Å². The Morgan fingerprint density at radius 3 is 2.67 bits per heavy atom. The first-order valence-electron chi connectivity index (χ1n) is 8.01. The number of anilines is 2. The topological polar surface area (TPSA) is 96.7 Å². The maximum atomic E-state index is 13.6. The Morgan fingerprint density at radius 1 is 1.04 bits per heavy atom. The largest absolute Gasteiger partial charge is 0.423 e. The van der Waals surface area contributed by atoms with Crippen LogP contribution < -0.4 is 15.2 Å². The van der Waals surface area contributed by atoms with Crippen molar-refractivity contribution in [3.8, 4) is 0 Å². The number of carbonyl (C=O) groups excluding carboxylic acids is 1. The van der Waals surface area contributed by atoms with Gasteiger partial charge in [-0.25, -0.2) is 17.6 Å². The fourth-order valence-corrected chi connectivity index (χ4v) is 4.47. The number of halogens is 1. The Bertz CT molecular complexity index is 1240. The summed E-state index contributed by atoms with van der Waals surface area (Å²) in [5, 5.41) is 2.96. The molecule has 0 spiro atoms. The van der Waals surface area contributed by atoms with Crippen molar-refractivity contribution in [2.75, 3.05) is 16.2 Å². The Labute approximate surface area is 153 Å². The lowest BCUT2D eigenvalue weighted by atomic mass is 10.2. The normalized spacial score (nSPS) is 14.6. The van der Waals surface area contributed by atoms with Crippen molar-refractivity contribution < 1.29 is 22.0 Å². The number of benzene rings is 2. The van der Waals surface area contributed by atoms with E-state index in [4.69, 9.17) is 4.42 Å². The van der Waals surface area contributed by atoms with Gasteiger partial charge in [-0.15, -0.1) is 0 Å². The first-order chi connectivity index (χ1) is 12.8. The summed E-state index contributed by atoms with van der Waals surface area (Å²) in [7, 11) is -4.04. The summed E-state index contributed by atoms with van der Waals surface area (Å²) in [5.41, 5.74) is -0.00222. The molecule has 1 N–H and O–H groups in total. The molecule has 0 unspecified atom stereocenters. The Balaban J connectivity index is 1.85. The van der Waals surface area contributed by atoms with Crippen LogP contribution in [0.5, 0.6) is 0 Å². The van der Waals surface area contributed by atoms with E-state index in [1.54, 1.807) is 0 Å². The summed E-state index contributed by atoms with van der Waals surface area (Å²) in [6, 6.07) is 10.3. The zero-order valence-electron chi connectivity index (χ0n) is 13.8. The molecule has 1 amide bonds. The number of nitrogens with zero attached hydrogens (tertiary/aromatic N) is 1. The van der Waals surface area contributed by atoms with Gasteiger partial charge >= 0.3 is 5.63 Å². The van der Waals surface area contributed by atoms with Crippen molar-refractivity contribution in [3.05, 3.63) is 64.8 Å². The smallest absolute Gasteiger partial charge is 0.336 e. The van der Waals surface area contributed by atoms with Gasteiger partial charge < -0.3 is 9.73 Å². The van der Waals surface area contributed by atoms with Gasteiger partial charge in [0, 0.05) is 24.4 Å². The third-order valence-corrected chi connectivity index (χ3v) is 6.03. The van der Waals surface area contributed by atoms with Gasteiger partial charge in [0.25, 0.3) is 10.0 Å². The van der Waals surface area contributed by atoms with Gasteiger partial charge in [0.15, 0.2) is 0 Å². The van der Waals surface area contributed by atoms with Gasteiger partial charge in [-0.2, -0.15) is 0 Å². The lowest BCUT2D eigenvalue weighted by molar-refractivity contribution is -0.115. The van der Waals surface area contributed by atoms with Crippen LogP contribution in [-0.2, 0) is 14.8 Å². The molecular formula is C18H13FN2O5S. The molecule has 0 saturated heterocycles. The van der Waals surface area contributed by atoms with E-state index in [0.717, 1.165) is 16.4 Å². The number of nitrogens with one attached hydrogen (secondary N) is 1. The molecule has 2 heterocycles. The van der Waals surface area contributed by atoms with Gasteiger partial charge in [-0.05, 0) is 42.5 Å². The molecule has 3 aromatic rings. The Kier molecular flexibility index (Phi) is 3.96. The van der Waals surface area contributed by atoms with E-state index in [9.17, 15) is 22.4 Å². The molecule has 1 aliphatic heterocycles. The highest BCUT2D eigenvalue weighted by Gasteiger charge is 2.30. The van der Waals surface area contributed by atoms with E-state index >= 15 is 0 Å². The first-order valence-corrected chi connectivity index (χ1v) is 9.45. The molecule has 0 aliphatic carbocycles. The maximum absolute atomic E-state index is 13.6. The molecule has 0 atom stereocenters. The molecule has 7 nitrogen and oxygen atoms in total. The predicted octanol–water partition coefficient (Wildman–Crippen LogP) is 2.47. The minimum Gasteiger partial charge on any atom is -0.423 e. The van der Waals surface area contributed by atoms with E-state index in [1.807, 2.05) is 0 Å². The highest BCUT2D eigenvalue weighted by molar-refractivity contribution is 7.92. The van der Waals surface area contributed by atoms with Crippen LogP contribution in [-0.4, -0.2) is 20.9 Å². The zero-order chi connectivity index (χ0) is 19.2. The van der Waals surface area contributed by atoms with E-state index in [0.29, 0.717) is 5.39 Å². The van der Waals surface area contributed by atoms with E-state index in [1.165, 1.54) is 36.4 Å². The van der Waals surface area contributed by atoms with Gasteiger partial charge in [-0.3, -0.25) is 9.10 Å². The SMILES string of the molecule is O=C1CCN(S(=O)(=O)c2ccc3oc(=O)ccc3c2)c2ccc(F)cc2N1. The molecule has 0 radical (unpaired) electrons. The van der Waals surface area contributed by atoms with Crippen LogP contribution in [0.1, 0.15) is 6.42 Å². The van der Waals surface area contributed by atoms with E-state index < -0.39 is 27.4 Å². The molecular weight excluding hydrogens is 375 g/mol. The summed E-state index contributed by atoms with van der Waals surface area (Å²) in [6.45, 7) is -0.0886. The fourth-order valence-electron chi connectivity index (χ4n) is 2.95. The second kappa shape index (κ2) is 6.20. The van der Waals surface area contributed by atoms with E-state index in [-0.39, 0.29) is 34.8 Å². The predicted molar refractivity (Wildman–Crippen MR) is 96.7 cm³/mol. The van der Waals surface area contributed by atoms with Crippen LogP contribution in [0, 0.1) is 5.82 Å². The molecule has 2 aromatic carbocycles. The maximum Gasteiger partial charge on any atom is 0.336 e. The fraction of sp³-hybridized carbons (Fsp3) is 0.111. The van der Waals surface area contributed by atoms with Gasteiger partial charge in [0.1, 0.15) is 11.4 Å². The molecule has 27 heavy (non-hydrogen) atoms. The average molecular weight is 388 g/mol. The second-order valence-corrected chi connectivity index (χ2v) is 7.85. The Morgan fingerprint density at radius 2 is 1.85 bits per heavy atom. The molecule has 1 aromatic heterocycles. The summed E-state index contributed by atoms with van der Waals surface area (Å²) < 4.78 is 46.1. The molecule has 0 bridgehead atoms. The van der Waals surface area contributed by atoms with Crippen molar-refractivity contribution in [1.29, 1.82) is 0 Å². The summed E-state index contributed by atoms with van der Waals surface area (Å²) in [4.78, 5) is 23.1. The lowest BCUT2D eigenvalue weighted by Gasteiger charge is -2.24. The highest BCUT2D eigenvalue weighted by Crippen LogP contribution is 2.34. The first kappa shape index (κ1) is 17.2. The number of amides is 1. The highest BCUT2D eigenvalue weighted by atomic mass is 32.2. The third kappa shape index (κ3) is 3.06. The number of sulfonamides is 1. The lowest BCUT2D eigenvalue weighted by Crippen LogP contribution is -2.32. The summed E-state index contributed by atoms with van der Waals surface area (Å²) >= 11 is 0. The number of rotatable bonds is 2. The molecule has 1 aliphatic rings. The minimum atomic E-state index is -4.04. The monoisotopic (exact) mass is 388 g/mol. The average Bonchev–Trinajstić information content (AvgIpc) is 2.79.